The summed E-state index contributed by atoms with van der Waals surface area (Å²) in [6.45, 7) is 1.50. The molecule has 0 aliphatic rings. The molecular weight excluding hydrogens is 400 g/mol. The second-order valence-electron chi connectivity index (χ2n) is 5.46. The molecule has 3 aromatic rings. The van der Waals surface area contributed by atoms with Crippen molar-refractivity contribution in [3.63, 3.8) is 0 Å². The van der Waals surface area contributed by atoms with Gasteiger partial charge in [-0.15, -0.1) is 5.56 Å². The van der Waals surface area contributed by atoms with Gasteiger partial charge in [0.05, 0.1) is 13.1 Å². The van der Waals surface area contributed by atoms with Crippen molar-refractivity contribution in [2.24, 2.45) is 0 Å². The van der Waals surface area contributed by atoms with Crippen LogP contribution in [0, 0.1) is 0 Å². The van der Waals surface area contributed by atoms with Crippen molar-refractivity contribution in [2.75, 3.05) is 0 Å². The van der Waals surface area contributed by atoms with E-state index in [1.807, 2.05) is 65.8 Å². The Labute approximate surface area is 166 Å². The number of rotatable bonds is 6. The molecule has 8 heteroatoms. The van der Waals surface area contributed by atoms with Crippen LogP contribution in [0.1, 0.15) is 12.0 Å². The molecule has 0 unspecified atom stereocenters. The van der Waals surface area contributed by atoms with Gasteiger partial charge in [0.15, 0.2) is 0 Å². The number of aromatic nitrogens is 2. The summed E-state index contributed by atoms with van der Waals surface area (Å²) in [4.78, 5) is 26.7. The van der Waals surface area contributed by atoms with E-state index >= 15 is 0 Å². The van der Waals surface area contributed by atoms with Crippen LogP contribution < -0.4 is 17.0 Å². The number of hydrogen-bond acceptors (Lipinski definition) is 3. The third-order valence-electron chi connectivity index (χ3n) is 3.33. The number of halogens is 1. The number of aryl methyl sites for hydroxylation is 1. The average molecular weight is 423 g/mol. The Morgan fingerprint density at radius 2 is 1.80 bits per heavy atom. The zero-order valence-corrected chi connectivity index (χ0v) is 16.6. The van der Waals surface area contributed by atoms with Crippen molar-refractivity contribution in [1.29, 1.82) is 0 Å². The van der Waals surface area contributed by atoms with Crippen molar-refractivity contribution < 1.29 is 48.4 Å². The molecular formula is C17H23ClFeN2O3Si. The normalized spacial score (nSPS) is 10.2. The third-order valence-corrected chi connectivity index (χ3v) is 4.35. The monoisotopic (exact) mass is 422 g/mol. The van der Waals surface area contributed by atoms with Gasteiger partial charge >= 0.3 is 25.9 Å². The fraction of sp³-hybridized carbons (Fsp3) is 0.235. The van der Waals surface area contributed by atoms with Gasteiger partial charge in [0, 0.05) is 6.04 Å². The van der Waals surface area contributed by atoms with E-state index in [-0.39, 0.29) is 35.5 Å². The van der Waals surface area contributed by atoms with E-state index < -0.39 is 8.80 Å². The minimum Gasteiger partial charge on any atom is -1.00 e. The second kappa shape index (κ2) is 12.2. The molecule has 0 radical (unpaired) electrons. The van der Waals surface area contributed by atoms with Crippen LogP contribution in [0.2, 0.25) is 6.04 Å². The summed E-state index contributed by atoms with van der Waals surface area (Å²) in [5.41, 5.74) is 1.25. The first-order valence-electron chi connectivity index (χ1n) is 7.62. The summed E-state index contributed by atoms with van der Waals surface area (Å²) in [5.74, 6) is 0. The Hall–Kier alpha value is -1.18. The Balaban J connectivity index is 0.000000711. The molecule has 0 amide bonds. The van der Waals surface area contributed by atoms with Crippen molar-refractivity contribution in [3.05, 3.63) is 78.9 Å². The molecule has 25 heavy (non-hydrogen) atoms. The van der Waals surface area contributed by atoms with E-state index in [1.165, 1.54) is 5.56 Å². The van der Waals surface area contributed by atoms with Crippen LogP contribution in [-0.4, -0.2) is 27.8 Å². The van der Waals surface area contributed by atoms with Crippen LogP contribution in [0.5, 0.6) is 0 Å². The summed E-state index contributed by atoms with van der Waals surface area (Å²) < 4.78 is 4.04. The second-order valence-corrected chi connectivity index (χ2v) is 7.51. The van der Waals surface area contributed by atoms with Gasteiger partial charge in [-0.1, -0.05) is 0 Å². The quantitative estimate of drug-likeness (QED) is 0.251. The van der Waals surface area contributed by atoms with Crippen molar-refractivity contribution in [2.45, 2.75) is 25.6 Å². The predicted molar refractivity (Wildman–Crippen MR) is 89.6 cm³/mol. The number of nitrogens with zero attached hydrogens (tertiary/aromatic N) is 2. The molecule has 138 valence electrons. The van der Waals surface area contributed by atoms with Crippen molar-refractivity contribution >= 4 is 8.80 Å². The first kappa shape index (κ1) is 23.8. The maximum atomic E-state index is 8.91. The molecule has 0 saturated carbocycles. The summed E-state index contributed by atoms with van der Waals surface area (Å²) in [6.07, 6.45) is 6.45. The van der Waals surface area contributed by atoms with E-state index in [2.05, 4.69) is 16.7 Å². The predicted octanol–water partition coefficient (Wildman–Crippen LogP) is -1.74. The largest absolute Gasteiger partial charge is 2.00 e. The molecule has 0 bridgehead atoms. The summed E-state index contributed by atoms with van der Waals surface area (Å²) in [6, 6.07) is 18.3. The van der Waals surface area contributed by atoms with Crippen LogP contribution in [0.4, 0.5) is 0 Å². The van der Waals surface area contributed by atoms with Crippen molar-refractivity contribution in [3.8, 4) is 0 Å². The Bertz CT molecular complexity index is 635. The maximum Gasteiger partial charge on any atom is 2.00 e. The zero-order chi connectivity index (χ0) is 16.5. The van der Waals surface area contributed by atoms with Gasteiger partial charge in [0.2, 0.25) is 6.33 Å². The third kappa shape index (κ3) is 10.4. The van der Waals surface area contributed by atoms with E-state index in [0.29, 0.717) is 13.0 Å². The number of imidazole rings is 1. The van der Waals surface area contributed by atoms with E-state index in [1.54, 1.807) is 0 Å². The Morgan fingerprint density at radius 3 is 2.32 bits per heavy atom. The van der Waals surface area contributed by atoms with E-state index in [9.17, 15) is 0 Å². The van der Waals surface area contributed by atoms with Gasteiger partial charge in [-0.05, 0) is 6.42 Å². The van der Waals surface area contributed by atoms with E-state index in [0.717, 1.165) is 6.54 Å². The topological polar surface area (TPSA) is 69.5 Å². The molecule has 0 aliphatic carbocycles. The van der Waals surface area contributed by atoms with Crippen LogP contribution in [-0.2, 0) is 30.2 Å². The fourth-order valence-corrected chi connectivity index (χ4v) is 2.85. The molecule has 5 nitrogen and oxygen atoms in total. The van der Waals surface area contributed by atoms with Crippen molar-refractivity contribution in [1.82, 2.24) is 4.57 Å². The van der Waals surface area contributed by atoms with Crippen LogP contribution in [0.15, 0.2) is 73.3 Å². The molecule has 3 rings (SSSR count). The molecule has 0 aliphatic heterocycles. The molecule has 3 N–H and O–H groups in total. The first-order chi connectivity index (χ1) is 11.0. The molecule has 2 aromatic carbocycles. The number of hydrogen-bond donors (Lipinski definition) is 3. The molecule has 0 saturated heterocycles. The first-order valence-corrected chi connectivity index (χ1v) is 9.67. The van der Waals surface area contributed by atoms with Crippen LogP contribution in [0.25, 0.3) is 0 Å². The summed E-state index contributed by atoms with van der Waals surface area (Å²) in [7, 11) is -3.88. The summed E-state index contributed by atoms with van der Waals surface area (Å²) in [5, 5.41) is 0. The molecule has 1 heterocycles. The Kier molecular flexibility index (Phi) is 11.6. The standard InChI is InChI=1S/C12H18N2O3Si.C5H5.ClH.Fe/c15-18(16,17)9-3-6-13-7-8-14(11-13)10-12-4-1-2-5-12;1-2-4-5-3-1;;/h1-2,4-5,7-8,11,15-17H,3,6,9-10H2;1-5H;1H;/q;-1;;+2/p-1. The fourth-order valence-electron chi connectivity index (χ4n) is 2.21. The van der Waals surface area contributed by atoms with Gasteiger partial charge in [0.25, 0.3) is 0 Å². The van der Waals surface area contributed by atoms with Gasteiger partial charge < -0.3 is 26.8 Å². The zero-order valence-electron chi connectivity index (χ0n) is 13.7. The van der Waals surface area contributed by atoms with Gasteiger partial charge in [-0.2, -0.15) is 30.3 Å². The molecule has 1 aromatic heterocycles. The SMILES string of the molecule is O[Si](O)(O)CCCn1cc[n+](Cc2ccc[cH-]2)c1.[Cl-].[Fe+2].c1cc[cH-]c1. The van der Waals surface area contributed by atoms with Gasteiger partial charge in [-0.3, -0.25) is 0 Å². The smallest absolute Gasteiger partial charge is 1.00 e. The van der Waals surface area contributed by atoms with Gasteiger partial charge in [-0.25, -0.2) is 33.4 Å². The van der Waals surface area contributed by atoms with E-state index in [4.69, 9.17) is 14.4 Å². The minimum atomic E-state index is -3.88. The minimum absolute atomic E-state index is 0. The molecule has 0 spiro atoms. The molecule has 0 fully saturated rings. The maximum absolute atomic E-state index is 8.91. The molecule has 0 atom stereocenters. The van der Waals surface area contributed by atoms with Crippen LogP contribution >= 0.6 is 0 Å². The van der Waals surface area contributed by atoms with Gasteiger partial charge in [0.1, 0.15) is 12.4 Å². The Morgan fingerprint density at radius 1 is 1.08 bits per heavy atom. The summed E-state index contributed by atoms with van der Waals surface area (Å²) >= 11 is 0. The van der Waals surface area contributed by atoms with Crippen LogP contribution in [0.3, 0.4) is 0 Å². The average Bonchev–Trinajstić information content (AvgIpc) is 3.22.